The van der Waals surface area contributed by atoms with Crippen LogP contribution in [0.15, 0.2) is 88.3 Å². The van der Waals surface area contributed by atoms with Crippen LogP contribution in [-0.2, 0) is 5.75 Å². The Hall–Kier alpha value is -1.97. The van der Waals surface area contributed by atoms with Crippen LogP contribution in [0.5, 0.6) is 0 Å². The van der Waals surface area contributed by atoms with E-state index < -0.39 is 0 Å². The normalized spacial score (nSPS) is 22.1. The van der Waals surface area contributed by atoms with Crippen molar-refractivity contribution < 1.29 is 0 Å². The molecule has 3 aromatic rings. The Balaban J connectivity index is 1.48. The predicted molar refractivity (Wildman–Crippen MR) is 128 cm³/mol. The van der Waals surface area contributed by atoms with Gasteiger partial charge in [-0.15, -0.1) is 11.8 Å². The van der Waals surface area contributed by atoms with Gasteiger partial charge >= 0.3 is 0 Å². The fourth-order valence-electron chi connectivity index (χ4n) is 4.77. The first kappa shape index (κ1) is 19.0. The molecular weight excluding hydrogens is 438 g/mol. The summed E-state index contributed by atoms with van der Waals surface area (Å²) >= 11 is 5.69. The number of aryl methyl sites for hydroxylation is 1. The van der Waals surface area contributed by atoms with Crippen LogP contribution in [0.2, 0.25) is 0 Å². The van der Waals surface area contributed by atoms with Crippen molar-refractivity contribution in [1.29, 1.82) is 0 Å². The smallest absolute Gasteiger partial charge is 0.0565 e. The Labute approximate surface area is 185 Å². The highest BCUT2D eigenvalue weighted by Gasteiger charge is 2.39. The van der Waals surface area contributed by atoms with Gasteiger partial charge in [0.05, 0.1) is 6.04 Å². The average molecular weight is 462 g/mol. The maximum Gasteiger partial charge on any atom is 0.0565 e. The van der Waals surface area contributed by atoms with Gasteiger partial charge in [0.15, 0.2) is 0 Å². The second kappa shape index (κ2) is 8.04. The molecule has 3 atom stereocenters. The van der Waals surface area contributed by atoms with Crippen molar-refractivity contribution in [3.05, 3.63) is 106 Å². The molecule has 3 heteroatoms. The zero-order valence-electron chi connectivity index (χ0n) is 16.4. The minimum Gasteiger partial charge on any atom is -0.377 e. The van der Waals surface area contributed by atoms with Crippen LogP contribution in [0.4, 0.5) is 5.69 Å². The summed E-state index contributed by atoms with van der Waals surface area (Å²) in [5.41, 5.74) is 6.92. The van der Waals surface area contributed by atoms with E-state index in [2.05, 4.69) is 107 Å². The summed E-state index contributed by atoms with van der Waals surface area (Å²) in [6.07, 6.45) is 5.93. The zero-order valence-corrected chi connectivity index (χ0v) is 18.8. The van der Waals surface area contributed by atoms with Crippen LogP contribution in [0.25, 0.3) is 0 Å². The highest BCUT2D eigenvalue weighted by Crippen LogP contribution is 2.52. The summed E-state index contributed by atoms with van der Waals surface area (Å²) in [7, 11) is 0. The van der Waals surface area contributed by atoms with Crippen LogP contribution >= 0.6 is 27.7 Å². The van der Waals surface area contributed by atoms with Crippen LogP contribution in [0.1, 0.15) is 40.6 Å². The molecule has 0 fully saturated rings. The van der Waals surface area contributed by atoms with Gasteiger partial charge < -0.3 is 5.32 Å². The molecule has 1 aliphatic heterocycles. The van der Waals surface area contributed by atoms with Crippen LogP contribution < -0.4 is 5.32 Å². The van der Waals surface area contributed by atoms with Crippen LogP contribution in [0.3, 0.4) is 0 Å². The van der Waals surface area contributed by atoms with E-state index in [-0.39, 0.29) is 0 Å². The average Bonchev–Trinajstić information content (AvgIpc) is 3.24. The number of thioether (sulfide) groups is 1. The molecule has 0 aromatic heterocycles. The van der Waals surface area contributed by atoms with Crippen molar-refractivity contribution in [3.63, 3.8) is 0 Å². The lowest BCUT2D eigenvalue weighted by atomic mass is 9.76. The predicted octanol–water partition coefficient (Wildman–Crippen LogP) is 7.88. The van der Waals surface area contributed by atoms with E-state index in [1.807, 2.05) is 11.8 Å². The minimum absolute atomic E-state index is 0.335. The molecule has 1 nitrogen and oxygen atoms in total. The largest absolute Gasteiger partial charge is 0.377 e. The topological polar surface area (TPSA) is 12.0 Å². The zero-order chi connectivity index (χ0) is 19.8. The number of fused-ring (bicyclic) bond motifs is 3. The van der Waals surface area contributed by atoms with E-state index in [1.54, 1.807) is 0 Å². The highest BCUT2D eigenvalue weighted by atomic mass is 79.9. The standard InChI is InChI=1S/C26H24BrNS/c1-17-14-18(16-29-19-8-3-2-4-9-19)15-23-20-11-7-12-21(20)26(28-25(17)23)22-10-5-6-13-24(22)27/h2-11,13-15,20-21,26,28H,12,16H2,1H3/t20-,21-,26-/m0/s1. The molecule has 1 heterocycles. The molecule has 2 aliphatic rings. The van der Waals surface area contributed by atoms with Gasteiger partial charge in [0.25, 0.3) is 0 Å². The molecule has 0 radical (unpaired) electrons. The molecule has 0 amide bonds. The minimum atomic E-state index is 0.335. The van der Waals surface area contributed by atoms with Gasteiger partial charge in [-0.25, -0.2) is 0 Å². The molecule has 0 saturated carbocycles. The van der Waals surface area contributed by atoms with E-state index >= 15 is 0 Å². The third kappa shape index (κ3) is 3.67. The number of benzene rings is 3. The number of rotatable bonds is 4. The molecule has 1 N–H and O–H groups in total. The first-order valence-corrected chi connectivity index (χ1v) is 12.0. The van der Waals surface area contributed by atoms with Gasteiger partial charge in [-0.2, -0.15) is 0 Å². The Kier molecular flexibility index (Phi) is 5.28. The fourth-order valence-corrected chi connectivity index (χ4v) is 6.15. The summed E-state index contributed by atoms with van der Waals surface area (Å²) in [5.74, 6) is 2.06. The van der Waals surface area contributed by atoms with Gasteiger partial charge in [0.1, 0.15) is 0 Å². The fraction of sp³-hybridized carbons (Fsp3) is 0.231. The molecule has 146 valence electrons. The molecule has 0 unspecified atom stereocenters. The summed E-state index contributed by atoms with van der Waals surface area (Å²) in [4.78, 5) is 1.33. The first-order chi connectivity index (χ1) is 14.2. The van der Waals surface area contributed by atoms with Crippen LogP contribution in [-0.4, -0.2) is 0 Å². The summed E-state index contributed by atoms with van der Waals surface area (Å²) in [6, 6.07) is 24.5. The highest BCUT2D eigenvalue weighted by molar-refractivity contribution is 9.10. The molecule has 3 aromatic carbocycles. The Morgan fingerprint density at radius 1 is 1.00 bits per heavy atom. The second-order valence-corrected chi connectivity index (χ2v) is 9.88. The number of hydrogen-bond acceptors (Lipinski definition) is 2. The van der Waals surface area contributed by atoms with E-state index in [0.717, 1.165) is 12.2 Å². The Morgan fingerprint density at radius 2 is 1.79 bits per heavy atom. The maximum absolute atomic E-state index is 3.92. The van der Waals surface area contributed by atoms with Crippen LogP contribution in [0, 0.1) is 12.8 Å². The van der Waals surface area contributed by atoms with E-state index in [0.29, 0.717) is 17.9 Å². The molecule has 29 heavy (non-hydrogen) atoms. The lowest BCUT2D eigenvalue weighted by Crippen LogP contribution is -2.30. The number of halogens is 1. The maximum atomic E-state index is 3.92. The SMILES string of the molecule is Cc1cc(CSc2ccccc2)cc2c1N[C@H](c1ccccc1Br)[C@H]1CC=C[C@H]21. The molecule has 5 rings (SSSR count). The van der Waals surface area contributed by atoms with Crippen molar-refractivity contribution in [2.24, 2.45) is 5.92 Å². The Bertz CT molecular complexity index is 1060. The monoisotopic (exact) mass is 461 g/mol. The van der Waals surface area contributed by atoms with Crippen molar-refractivity contribution in [1.82, 2.24) is 0 Å². The number of allylic oxidation sites excluding steroid dienone is 2. The first-order valence-electron chi connectivity index (χ1n) is 10.2. The Morgan fingerprint density at radius 3 is 2.62 bits per heavy atom. The van der Waals surface area contributed by atoms with Gasteiger partial charge in [-0.1, -0.05) is 76.6 Å². The molecule has 0 bridgehead atoms. The van der Waals surface area contributed by atoms with E-state index in [4.69, 9.17) is 0 Å². The van der Waals surface area contributed by atoms with E-state index in [1.165, 1.54) is 37.3 Å². The molecular formula is C26H24BrNS. The molecule has 1 aliphatic carbocycles. The number of nitrogens with one attached hydrogen (secondary N) is 1. The van der Waals surface area contributed by atoms with Crippen molar-refractivity contribution in [2.75, 3.05) is 5.32 Å². The summed E-state index contributed by atoms with van der Waals surface area (Å²) in [5, 5.41) is 3.92. The summed E-state index contributed by atoms with van der Waals surface area (Å²) < 4.78 is 1.19. The van der Waals surface area contributed by atoms with Gasteiger partial charge in [-0.3, -0.25) is 0 Å². The third-order valence-electron chi connectivity index (χ3n) is 6.11. The van der Waals surface area contributed by atoms with Gasteiger partial charge in [0, 0.05) is 26.7 Å². The lowest BCUT2D eigenvalue weighted by molar-refractivity contribution is 0.424. The van der Waals surface area contributed by atoms with Crippen molar-refractivity contribution >= 4 is 33.4 Å². The number of hydrogen-bond donors (Lipinski definition) is 1. The molecule has 0 spiro atoms. The van der Waals surface area contributed by atoms with Crippen molar-refractivity contribution in [2.45, 2.75) is 36.0 Å². The van der Waals surface area contributed by atoms with Gasteiger partial charge in [0.2, 0.25) is 0 Å². The third-order valence-corrected chi connectivity index (χ3v) is 7.92. The lowest BCUT2D eigenvalue weighted by Gasteiger charge is -2.39. The van der Waals surface area contributed by atoms with E-state index in [9.17, 15) is 0 Å². The summed E-state index contributed by atoms with van der Waals surface area (Å²) in [6.45, 7) is 2.25. The van der Waals surface area contributed by atoms with Crippen molar-refractivity contribution in [3.8, 4) is 0 Å². The van der Waals surface area contributed by atoms with Gasteiger partial charge in [-0.05, 0) is 59.7 Å². The number of anilines is 1. The quantitative estimate of drug-likeness (QED) is 0.313. The second-order valence-electron chi connectivity index (χ2n) is 7.98. The molecule has 0 saturated heterocycles.